The molecule has 1 saturated heterocycles. The predicted octanol–water partition coefficient (Wildman–Crippen LogP) is 1.25. The number of likely N-dealkylation sites (tertiary alicyclic amines) is 1. The van der Waals surface area contributed by atoms with E-state index in [-0.39, 0.29) is 18.2 Å². The van der Waals surface area contributed by atoms with Gasteiger partial charge in [-0.15, -0.1) is 0 Å². The largest absolute Gasteiger partial charge is 0.497 e. The molecule has 1 atom stereocenters. The molecule has 0 spiro atoms. The van der Waals surface area contributed by atoms with Crippen molar-refractivity contribution in [3.05, 3.63) is 24.3 Å². The maximum atomic E-state index is 11.9. The third-order valence-electron chi connectivity index (χ3n) is 2.99. The van der Waals surface area contributed by atoms with E-state index >= 15 is 0 Å². The Kier molecular flexibility index (Phi) is 3.50. The van der Waals surface area contributed by atoms with Crippen LogP contribution in [0.1, 0.15) is 13.3 Å². The third kappa shape index (κ3) is 2.30. The molecule has 1 aromatic carbocycles. The lowest BCUT2D eigenvalue weighted by Crippen LogP contribution is -2.34. The summed E-state index contributed by atoms with van der Waals surface area (Å²) in [7, 11) is 1.60. The highest BCUT2D eigenvalue weighted by Gasteiger charge is 2.37. The average Bonchev–Trinajstić information content (AvgIpc) is 2.65. The molecular weight excluding hydrogens is 232 g/mol. The molecule has 0 saturated carbocycles. The van der Waals surface area contributed by atoms with E-state index in [1.54, 1.807) is 26.2 Å². The quantitative estimate of drug-likeness (QED) is 0.815. The standard InChI is InChI=1S/C13H16N2O3/c1-3-15-12(16)8-11(13(15)17)14-9-4-6-10(18-2)7-5-9/h4-7,11,14H,3,8H2,1-2H3. The number of nitrogens with one attached hydrogen (secondary N) is 1. The number of rotatable bonds is 4. The van der Waals surface area contributed by atoms with Gasteiger partial charge in [0.2, 0.25) is 5.91 Å². The van der Waals surface area contributed by atoms with Crippen LogP contribution >= 0.6 is 0 Å². The minimum Gasteiger partial charge on any atom is -0.497 e. The molecule has 5 heteroatoms. The molecule has 2 amide bonds. The van der Waals surface area contributed by atoms with Gasteiger partial charge >= 0.3 is 0 Å². The van der Waals surface area contributed by atoms with Crippen LogP contribution in [0.5, 0.6) is 5.75 Å². The topological polar surface area (TPSA) is 58.6 Å². The van der Waals surface area contributed by atoms with E-state index < -0.39 is 6.04 Å². The molecule has 0 bridgehead atoms. The molecule has 5 nitrogen and oxygen atoms in total. The summed E-state index contributed by atoms with van der Waals surface area (Å²) in [6.45, 7) is 2.23. The lowest BCUT2D eigenvalue weighted by molar-refractivity contribution is -0.138. The van der Waals surface area contributed by atoms with Gasteiger partial charge in [0.15, 0.2) is 0 Å². The maximum Gasteiger partial charge on any atom is 0.252 e. The zero-order chi connectivity index (χ0) is 13.1. The Hall–Kier alpha value is -2.04. The second-order valence-corrected chi connectivity index (χ2v) is 4.11. The van der Waals surface area contributed by atoms with Crippen LogP contribution in [0.15, 0.2) is 24.3 Å². The van der Waals surface area contributed by atoms with E-state index in [0.717, 1.165) is 11.4 Å². The fourth-order valence-corrected chi connectivity index (χ4v) is 2.02. The molecule has 18 heavy (non-hydrogen) atoms. The van der Waals surface area contributed by atoms with Gasteiger partial charge in [0.25, 0.3) is 5.91 Å². The van der Waals surface area contributed by atoms with Crippen LogP contribution in [0.3, 0.4) is 0 Å². The molecule has 1 heterocycles. The second-order valence-electron chi connectivity index (χ2n) is 4.11. The number of carbonyl (C=O) groups is 2. The van der Waals surface area contributed by atoms with Gasteiger partial charge in [0, 0.05) is 12.2 Å². The zero-order valence-corrected chi connectivity index (χ0v) is 10.5. The van der Waals surface area contributed by atoms with Crippen molar-refractivity contribution in [1.29, 1.82) is 0 Å². The Labute approximate surface area is 106 Å². The molecule has 96 valence electrons. The van der Waals surface area contributed by atoms with Gasteiger partial charge in [0.1, 0.15) is 11.8 Å². The van der Waals surface area contributed by atoms with E-state index in [1.807, 2.05) is 12.1 Å². The number of amides is 2. The molecule has 1 aliphatic rings. The van der Waals surface area contributed by atoms with E-state index in [0.29, 0.717) is 6.54 Å². The van der Waals surface area contributed by atoms with Gasteiger partial charge in [0.05, 0.1) is 13.5 Å². The molecule has 2 rings (SSSR count). The Balaban J connectivity index is 2.05. The summed E-state index contributed by atoms with van der Waals surface area (Å²) in [5.41, 5.74) is 0.805. The van der Waals surface area contributed by atoms with Crippen LogP contribution in [-0.4, -0.2) is 36.4 Å². The smallest absolute Gasteiger partial charge is 0.252 e. The molecule has 1 aliphatic heterocycles. The van der Waals surface area contributed by atoms with Crippen molar-refractivity contribution in [1.82, 2.24) is 4.90 Å². The number of benzene rings is 1. The number of methoxy groups -OCH3 is 1. The molecule has 1 aromatic rings. The number of imide groups is 1. The summed E-state index contributed by atoms with van der Waals surface area (Å²) >= 11 is 0. The lowest BCUT2D eigenvalue weighted by Gasteiger charge is -2.14. The van der Waals surface area contributed by atoms with Gasteiger partial charge in [-0.3, -0.25) is 14.5 Å². The van der Waals surface area contributed by atoms with Crippen LogP contribution in [-0.2, 0) is 9.59 Å². The summed E-state index contributed by atoms with van der Waals surface area (Å²) in [4.78, 5) is 24.7. The van der Waals surface area contributed by atoms with Crippen molar-refractivity contribution >= 4 is 17.5 Å². The number of hydrogen-bond acceptors (Lipinski definition) is 4. The first-order chi connectivity index (χ1) is 8.65. The van der Waals surface area contributed by atoms with Gasteiger partial charge in [-0.05, 0) is 31.2 Å². The molecule has 1 fully saturated rings. The van der Waals surface area contributed by atoms with Crippen molar-refractivity contribution < 1.29 is 14.3 Å². The Bertz CT molecular complexity index is 456. The fraction of sp³-hybridized carbons (Fsp3) is 0.385. The minimum atomic E-state index is -0.453. The fourth-order valence-electron chi connectivity index (χ4n) is 2.02. The number of likely N-dealkylation sites (N-methyl/N-ethyl adjacent to an activating group) is 1. The highest BCUT2D eigenvalue weighted by atomic mass is 16.5. The van der Waals surface area contributed by atoms with Crippen LogP contribution in [0, 0.1) is 0 Å². The van der Waals surface area contributed by atoms with Crippen LogP contribution in [0.4, 0.5) is 5.69 Å². The first-order valence-corrected chi connectivity index (χ1v) is 5.90. The van der Waals surface area contributed by atoms with Gasteiger partial charge in [-0.1, -0.05) is 0 Å². The predicted molar refractivity (Wildman–Crippen MR) is 67.4 cm³/mol. The van der Waals surface area contributed by atoms with Gasteiger partial charge in [-0.25, -0.2) is 0 Å². The van der Waals surface area contributed by atoms with Crippen LogP contribution < -0.4 is 10.1 Å². The molecule has 0 aliphatic carbocycles. The Morgan fingerprint density at radius 3 is 2.50 bits per heavy atom. The Morgan fingerprint density at radius 2 is 2.00 bits per heavy atom. The molecule has 1 N–H and O–H groups in total. The highest BCUT2D eigenvalue weighted by molar-refractivity contribution is 6.06. The normalized spacial score (nSPS) is 19.2. The summed E-state index contributed by atoms with van der Waals surface area (Å²) in [5, 5.41) is 3.07. The lowest BCUT2D eigenvalue weighted by atomic mass is 10.2. The van der Waals surface area contributed by atoms with Gasteiger partial charge < -0.3 is 10.1 Å². The summed E-state index contributed by atoms with van der Waals surface area (Å²) in [5.74, 6) is 0.483. The SMILES string of the molecule is CCN1C(=O)CC(Nc2ccc(OC)cc2)C1=O. The molecule has 1 unspecified atom stereocenters. The van der Waals surface area contributed by atoms with Crippen molar-refractivity contribution in [3.63, 3.8) is 0 Å². The van der Waals surface area contributed by atoms with Crippen molar-refractivity contribution in [3.8, 4) is 5.75 Å². The number of carbonyl (C=O) groups excluding carboxylic acids is 2. The number of nitrogens with zero attached hydrogens (tertiary/aromatic N) is 1. The first-order valence-electron chi connectivity index (χ1n) is 5.90. The monoisotopic (exact) mass is 248 g/mol. The number of ether oxygens (including phenoxy) is 1. The van der Waals surface area contributed by atoms with E-state index in [1.165, 1.54) is 4.90 Å². The number of anilines is 1. The molecule has 0 aromatic heterocycles. The van der Waals surface area contributed by atoms with Crippen molar-refractivity contribution in [2.75, 3.05) is 19.0 Å². The molecular formula is C13H16N2O3. The zero-order valence-electron chi connectivity index (χ0n) is 10.5. The van der Waals surface area contributed by atoms with Crippen molar-refractivity contribution in [2.24, 2.45) is 0 Å². The van der Waals surface area contributed by atoms with Crippen molar-refractivity contribution in [2.45, 2.75) is 19.4 Å². The van der Waals surface area contributed by atoms with Crippen LogP contribution in [0.2, 0.25) is 0 Å². The summed E-state index contributed by atoms with van der Waals surface area (Å²) in [6.07, 6.45) is 0.221. The maximum absolute atomic E-state index is 11.9. The van der Waals surface area contributed by atoms with E-state index in [9.17, 15) is 9.59 Å². The second kappa shape index (κ2) is 5.08. The first kappa shape index (κ1) is 12.4. The number of hydrogen-bond donors (Lipinski definition) is 1. The summed E-state index contributed by atoms with van der Waals surface area (Å²) in [6, 6.07) is 6.81. The van der Waals surface area contributed by atoms with E-state index in [2.05, 4.69) is 5.32 Å². The van der Waals surface area contributed by atoms with Gasteiger partial charge in [-0.2, -0.15) is 0 Å². The Morgan fingerprint density at radius 1 is 1.33 bits per heavy atom. The molecule has 0 radical (unpaired) electrons. The van der Waals surface area contributed by atoms with E-state index in [4.69, 9.17) is 4.74 Å². The minimum absolute atomic E-state index is 0.117. The third-order valence-corrected chi connectivity index (χ3v) is 2.99. The average molecular weight is 248 g/mol. The highest BCUT2D eigenvalue weighted by Crippen LogP contribution is 2.20. The van der Waals surface area contributed by atoms with Crippen LogP contribution in [0.25, 0.3) is 0 Å². The summed E-state index contributed by atoms with van der Waals surface area (Å²) < 4.78 is 5.05.